The molecule has 1 aromatic carbocycles. The number of carbonyl (C=O) groups is 3. The Kier molecular flexibility index (Phi) is 13.4. The van der Waals surface area contributed by atoms with Crippen LogP contribution in [-0.4, -0.2) is 58.0 Å². The summed E-state index contributed by atoms with van der Waals surface area (Å²) in [5, 5.41) is 13.4. The van der Waals surface area contributed by atoms with Crippen molar-refractivity contribution in [3.05, 3.63) is 46.0 Å². The number of nitrogens with zero attached hydrogens (tertiary/aromatic N) is 1. The van der Waals surface area contributed by atoms with E-state index in [1.165, 1.54) is 11.1 Å². The highest BCUT2D eigenvalue weighted by molar-refractivity contribution is 6.30. The second kappa shape index (κ2) is 17.0. The van der Waals surface area contributed by atoms with Crippen molar-refractivity contribution in [2.45, 2.75) is 198 Å². The number of aliphatic hydroxyl groups excluding tert-OH is 1. The van der Waals surface area contributed by atoms with Gasteiger partial charge in [0.25, 0.3) is 0 Å². The summed E-state index contributed by atoms with van der Waals surface area (Å²) in [4.78, 5) is 42.2. The Balaban J connectivity index is 1.24. The highest BCUT2D eigenvalue weighted by atomic mass is 35.5. The average molecular weight is 881 g/mol. The van der Waals surface area contributed by atoms with E-state index in [-0.39, 0.29) is 52.7 Å². The van der Waals surface area contributed by atoms with Crippen molar-refractivity contribution in [2.24, 2.45) is 62.6 Å². The lowest BCUT2D eigenvalue weighted by Gasteiger charge is -2.66. The lowest BCUT2D eigenvalue weighted by molar-refractivity contribution is -0.198. The van der Waals surface area contributed by atoms with Crippen LogP contribution in [0.5, 0.6) is 0 Å². The van der Waals surface area contributed by atoms with Crippen molar-refractivity contribution < 1.29 is 33.7 Å². The summed E-state index contributed by atoms with van der Waals surface area (Å²) in [6.07, 6.45) is 7.86. The van der Waals surface area contributed by atoms with Gasteiger partial charge in [0, 0.05) is 22.4 Å². The molecule has 62 heavy (non-hydrogen) atoms. The van der Waals surface area contributed by atoms with Crippen LogP contribution in [-0.2, 0) is 30.3 Å². The van der Waals surface area contributed by atoms with Gasteiger partial charge in [-0.3, -0.25) is 9.59 Å². The van der Waals surface area contributed by atoms with Gasteiger partial charge in [-0.1, -0.05) is 83.3 Å². The monoisotopic (exact) mass is 880 g/mol. The van der Waals surface area contributed by atoms with E-state index in [0.29, 0.717) is 47.1 Å². The Morgan fingerprint density at radius 2 is 1.44 bits per heavy atom. The van der Waals surface area contributed by atoms with Crippen LogP contribution in [0.2, 0.25) is 5.02 Å². The number of fused-ring (bicyclic) bond motifs is 7. The number of allylic oxidation sites excluding steroid dienone is 1. The molecule has 5 aliphatic rings. The second-order valence-electron chi connectivity index (χ2n) is 25.0. The fourth-order valence-corrected chi connectivity index (χ4v) is 13.7. The fraction of sp³-hybridized carbons (Fsp3) is 0.792. The number of amides is 1. The summed E-state index contributed by atoms with van der Waals surface area (Å²) in [6, 6.07) is 7.58. The molecule has 8 nitrogen and oxygen atoms in total. The molecule has 4 saturated carbocycles. The molecule has 5 aliphatic carbocycles. The fourth-order valence-electron chi connectivity index (χ4n) is 13.6. The summed E-state index contributed by atoms with van der Waals surface area (Å²) < 4.78 is 18.0. The Hall–Kier alpha value is -2.58. The van der Waals surface area contributed by atoms with Crippen molar-refractivity contribution in [3.8, 4) is 0 Å². The van der Waals surface area contributed by atoms with Crippen molar-refractivity contribution in [1.29, 1.82) is 0 Å². The van der Waals surface area contributed by atoms with Gasteiger partial charge in [0.15, 0.2) is 0 Å². The molecule has 348 valence electrons. The standard InChI is InChI=1S/C53H82ClNO7/c1-32-28-41(60-42(57)29-50(11,12)45(58)61-48(5,6)7)51(13,14)37-22-25-52(15)36-23-26-53(27-24-39(47(2,3)4)44(53)35(36)20-21-38(52)43(32)37)40(56)31-55(46(59)62-49(8,9)10)30-33-16-18-34(54)19-17-33/h16-19,32,35-38,40-41,43,56H,20-31H2,1-15H3/t32?,35-,36+,37+,38+,40-,41-,43-,52-,53+/m0/s1. The molecule has 1 aromatic rings. The number of aliphatic hydroxyl groups is 1. The van der Waals surface area contributed by atoms with Gasteiger partial charge in [0.1, 0.15) is 17.3 Å². The van der Waals surface area contributed by atoms with Gasteiger partial charge in [-0.05, 0) is 177 Å². The molecule has 1 unspecified atom stereocenters. The lowest BCUT2D eigenvalue weighted by Crippen LogP contribution is -2.61. The molecule has 0 bridgehead atoms. The molecule has 0 heterocycles. The number of hydrogen-bond acceptors (Lipinski definition) is 7. The zero-order chi connectivity index (χ0) is 46.2. The average Bonchev–Trinajstić information content (AvgIpc) is 3.55. The van der Waals surface area contributed by atoms with E-state index in [1.807, 2.05) is 65.8 Å². The minimum Gasteiger partial charge on any atom is -0.462 e. The molecule has 9 heteroatoms. The molecule has 0 aromatic heterocycles. The van der Waals surface area contributed by atoms with Crippen molar-refractivity contribution >= 4 is 29.6 Å². The van der Waals surface area contributed by atoms with Crippen LogP contribution in [0.15, 0.2) is 35.4 Å². The molecule has 10 atom stereocenters. The van der Waals surface area contributed by atoms with Crippen LogP contribution < -0.4 is 0 Å². The van der Waals surface area contributed by atoms with Gasteiger partial charge in [-0.25, -0.2) is 4.79 Å². The smallest absolute Gasteiger partial charge is 0.410 e. The maximum Gasteiger partial charge on any atom is 0.410 e. The zero-order valence-corrected chi connectivity index (χ0v) is 41.9. The molecule has 0 spiro atoms. The number of carbonyl (C=O) groups excluding carboxylic acids is 3. The molecular formula is C53H82ClNO7. The van der Waals surface area contributed by atoms with Gasteiger partial charge in [-0.15, -0.1) is 0 Å². The van der Waals surface area contributed by atoms with E-state index in [1.54, 1.807) is 18.7 Å². The number of halogens is 1. The molecule has 1 N–H and O–H groups in total. The normalized spacial score (nSPS) is 32.7. The van der Waals surface area contributed by atoms with Crippen LogP contribution in [0.1, 0.15) is 174 Å². The first-order valence-corrected chi connectivity index (χ1v) is 24.3. The third-order valence-corrected chi connectivity index (χ3v) is 16.8. The van der Waals surface area contributed by atoms with E-state index >= 15 is 0 Å². The second-order valence-corrected chi connectivity index (χ2v) is 25.5. The molecule has 0 aliphatic heterocycles. The Morgan fingerprint density at radius 1 is 0.823 bits per heavy atom. The number of hydrogen-bond donors (Lipinski definition) is 1. The minimum atomic E-state index is -0.979. The van der Waals surface area contributed by atoms with Crippen molar-refractivity contribution in [2.75, 3.05) is 6.54 Å². The number of ether oxygens (including phenoxy) is 3. The first-order valence-electron chi connectivity index (χ1n) is 24.0. The van der Waals surface area contributed by atoms with Crippen LogP contribution >= 0.6 is 11.6 Å². The van der Waals surface area contributed by atoms with E-state index in [4.69, 9.17) is 25.8 Å². The summed E-state index contributed by atoms with van der Waals surface area (Å²) in [5.74, 6) is 2.14. The molecule has 6 rings (SSSR count). The maximum absolute atomic E-state index is 13.9. The quantitative estimate of drug-likeness (QED) is 0.150. The van der Waals surface area contributed by atoms with E-state index in [2.05, 4.69) is 48.5 Å². The number of benzene rings is 1. The summed E-state index contributed by atoms with van der Waals surface area (Å²) in [6.45, 7) is 32.0. The highest BCUT2D eigenvalue weighted by Gasteiger charge is 2.65. The number of rotatable bonds is 9. The van der Waals surface area contributed by atoms with Gasteiger partial charge in [0.05, 0.1) is 24.5 Å². The zero-order valence-electron chi connectivity index (χ0n) is 41.1. The SMILES string of the molecule is CC1C[C@H](OC(=O)CC(C)(C)C(=O)OC(C)(C)C)C(C)(C)[C@@H]2CC[C@]3(C)[C@H](CC[C@@H]4C5=C(C(C)(C)C)CC[C@@]5([C@@H](O)CN(Cc5ccc(Cl)cc5)C(=O)OC(C)(C)C)CC[C@H]43)[C@@H]12. The molecule has 1 amide bonds. The first kappa shape index (κ1) is 48.9. The van der Waals surface area contributed by atoms with Crippen LogP contribution in [0.25, 0.3) is 0 Å². The van der Waals surface area contributed by atoms with Crippen molar-refractivity contribution in [1.82, 2.24) is 4.90 Å². The summed E-state index contributed by atoms with van der Waals surface area (Å²) in [5.41, 5.74) is 1.25. The third-order valence-electron chi connectivity index (χ3n) is 16.6. The van der Waals surface area contributed by atoms with E-state index < -0.39 is 28.8 Å². The molecule has 4 fully saturated rings. The topological polar surface area (TPSA) is 102 Å². The summed E-state index contributed by atoms with van der Waals surface area (Å²) in [7, 11) is 0. The largest absolute Gasteiger partial charge is 0.462 e. The first-order chi connectivity index (χ1) is 28.4. The van der Waals surface area contributed by atoms with E-state index in [9.17, 15) is 19.5 Å². The lowest BCUT2D eigenvalue weighted by atomic mass is 9.39. The van der Waals surface area contributed by atoms with Gasteiger partial charge in [-0.2, -0.15) is 0 Å². The number of esters is 2. The highest BCUT2D eigenvalue weighted by Crippen LogP contribution is 2.71. The predicted octanol–water partition coefficient (Wildman–Crippen LogP) is 12.8. The maximum atomic E-state index is 13.9. The Bertz CT molecular complexity index is 1860. The van der Waals surface area contributed by atoms with Crippen LogP contribution in [0.3, 0.4) is 0 Å². The van der Waals surface area contributed by atoms with Gasteiger partial charge in [0.2, 0.25) is 0 Å². The van der Waals surface area contributed by atoms with Gasteiger partial charge >= 0.3 is 18.0 Å². The molecule has 0 radical (unpaired) electrons. The molecule has 0 saturated heterocycles. The Morgan fingerprint density at radius 3 is 2.03 bits per heavy atom. The summed E-state index contributed by atoms with van der Waals surface area (Å²) >= 11 is 6.24. The van der Waals surface area contributed by atoms with E-state index in [0.717, 1.165) is 63.4 Å². The van der Waals surface area contributed by atoms with Crippen LogP contribution in [0, 0.1) is 62.6 Å². The Labute approximate surface area is 380 Å². The van der Waals surface area contributed by atoms with Crippen LogP contribution in [0.4, 0.5) is 4.79 Å². The third kappa shape index (κ3) is 9.68. The predicted molar refractivity (Wildman–Crippen MR) is 247 cm³/mol. The van der Waals surface area contributed by atoms with Crippen molar-refractivity contribution in [3.63, 3.8) is 0 Å². The van der Waals surface area contributed by atoms with Gasteiger partial charge < -0.3 is 24.2 Å². The minimum absolute atomic E-state index is 0.00921. The molecular weight excluding hydrogens is 798 g/mol.